The minimum absolute atomic E-state index is 0.00741. The molecule has 2 rings (SSSR count). The first-order valence-electron chi connectivity index (χ1n) is 5.16. The molecule has 1 saturated carbocycles. The van der Waals surface area contributed by atoms with Gasteiger partial charge in [0.05, 0.1) is 17.6 Å². The number of nitrogen functional groups attached to an aromatic ring is 1. The first kappa shape index (κ1) is 10.4. The lowest BCUT2D eigenvalue weighted by atomic mass is 10.1. The van der Waals surface area contributed by atoms with Gasteiger partial charge in [0.15, 0.2) is 0 Å². The van der Waals surface area contributed by atoms with E-state index in [2.05, 4.69) is 5.10 Å². The van der Waals surface area contributed by atoms with Gasteiger partial charge in [0.25, 0.3) is 5.92 Å². The van der Waals surface area contributed by atoms with Gasteiger partial charge in [-0.2, -0.15) is 5.10 Å². The number of aromatic nitrogens is 2. The highest BCUT2D eigenvalue weighted by molar-refractivity contribution is 5.39. The lowest BCUT2D eigenvalue weighted by molar-refractivity contribution is -0.0434. The van der Waals surface area contributed by atoms with E-state index in [-0.39, 0.29) is 13.0 Å². The molecule has 15 heavy (non-hydrogen) atoms. The summed E-state index contributed by atoms with van der Waals surface area (Å²) in [4.78, 5) is 0. The van der Waals surface area contributed by atoms with E-state index in [9.17, 15) is 8.78 Å². The number of anilines is 1. The molecule has 0 amide bonds. The molecule has 1 unspecified atom stereocenters. The summed E-state index contributed by atoms with van der Waals surface area (Å²) in [5.41, 5.74) is 6.95. The van der Waals surface area contributed by atoms with Crippen LogP contribution in [0.4, 0.5) is 14.5 Å². The Morgan fingerprint density at radius 2 is 2.40 bits per heavy atom. The molecule has 1 atom stereocenters. The summed E-state index contributed by atoms with van der Waals surface area (Å²) in [5, 5.41) is 4.00. The van der Waals surface area contributed by atoms with Gasteiger partial charge in [0, 0.05) is 18.9 Å². The third-order valence-corrected chi connectivity index (χ3v) is 3.19. The Balaban J connectivity index is 2.12. The Kier molecular flexibility index (Phi) is 2.40. The fourth-order valence-corrected chi connectivity index (χ4v) is 2.08. The number of nitrogens with two attached hydrogens (primary N) is 1. The molecule has 1 aromatic heterocycles. The van der Waals surface area contributed by atoms with E-state index in [1.807, 2.05) is 0 Å². The molecule has 1 aliphatic rings. The Labute approximate surface area is 87.3 Å². The van der Waals surface area contributed by atoms with E-state index >= 15 is 0 Å². The van der Waals surface area contributed by atoms with Gasteiger partial charge in [-0.1, -0.05) is 0 Å². The van der Waals surface area contributed by atoms with Crippen LogP contribution in [0.1, 0.15) is 25.0 Å². The van der Waals surface area contributed by atoms with Crippen molar-refractivity contribution in [3.8, 4) is 0 Å². The van der Waals surface area contributed by atoms with E-state index in [0.717, 1.165) is 5.69 Å². The lowest BCUT2D eigenvalue weighted by Crippen LogP contribution is -2.26. The molecule has 5 heteroatoms. The molecule has 0 aliphatic heterocycles. The van der Waals surface area contributed by atoms with Crippen molar-refractivity contribution >= 4 is 5.69 Å². The van der Waals surface area contributed by atoms with Gasteiger partial charge in [-0.15, -0.1) is 0 Å². The second-order valence-electron chi connectivity index (χ2n) is 4.22. The highest BCUT2D eigenvalue weighted by atomic mass is 19.3. The Bertz CT molecular complexity index is 360. The van der Waals surface area contributed by atoms with Crippen LogP contribution in [0, 0.1) is 12.8 Å². The number of alkyl halides is 2. The molecule has 1 fully saturated rings. The summed E-state index contributed by atoms with van der Waals surface area (Å²) in [6.45, 7) is 2.07. The van der Waals surface area contributed by atoms with Gasteiger partial charge in [-0.3, -0.25) is 4.68 Å². The monoisotopic (exact) mass is 215 g/mol. The zero-order valence-corrected chi connectivity index (χ0v) is 8.71. The molecular formula is C10H15F2N3. The second-order valence-corrected chi connectivity index (χ2v) is 4.22. The number of hydrogen-bond donors (Lipinski definition) is 1. The van der Waals surface area contributed by atoms with Crippen LogP contribution >= 0.6 is 0 Å². The Hall–Kier alpha value is -1.13. The summed E-state index contributed by atoms with van der Waals surface area (Å²) < 4.78 is 28.3. The van der Waals surface area contributed by atoms with Gasteiger partial charge >= 0.3 is 0 Å². The first-order valence-corrected chi connectivity index (χ1v) is 5.16. The van der Waals surface area contributed by atoms with Crippen molar-refractivity contribution in [2.75, 3.05) is 5.73 Å². The Morgan fingerprint density at radius 1 is 1.67 bits per heavy atom. The molecule has 0 spiro atoms. The topological polar surface area (TPSA) is 43.8 Å². The maximum atomic E-state index is 13.4. The average Bonchev–Trinajstić information content (AvgIpc) is 2.64. The molecule has 0 bridgehead atoms. The molecule has 84 valence electrons. The quantitative estimate of drug-likeness (QED) is 0.822. The minimum Gasteiger partial charge on any atom is -0.396 e. The molecule has 0 aromatic carbocycles. The van der Waals surface area contributed by atoms with Gasteiger partial charge in [-0.25, -0.2) is 8.78 Å². The predicted octanol–water partition coefficient (Wildman–Crippen LogP) is 2.21. The molecule has 1 aliphatic carbocycles. The largest absolute Gasteiger partial charge is 0.396 e. The molecule has 1 aromatic rings. The van der Waals surface area contributed by atoms with Gasteiger partial charge in [0.2, 0.25) is 0 Å². The predicted molar refractivity (Wildman–Crippen MR) is 53.7 cm³/mol. The van der Waals surface area contributed by atoms with Crippen LogP contribution < -0.4 is 5.73 Å². The number of nitrogens with zero attached hydrogens (tertiary/aromatic N) is 2. The highest BCUT2D eigenvalue weighted by Crippen LogP contribution is 2.41. The summed E-state index contributed by atoms with van der Waals surface area (Å²) in [7, 11) is 0. The van der Waals surface area contributed by atoms with E-state index in [0.29, 0.717) is 18.5 Å². The van der Waals surface area contributed by atoms with Crippen molar-refractivity contribution in [2.24, 2.45) is 5.92 Å². The standard InChI is InChI=1S/C10H15F2N3/c1-7-9(13)5-14-15(7)6-8-3-2-4-10(8,11)12/h5,8H,2-4,6,13H2,1H3. The molecular weight excluding hydrogens is 200 g/mol. The smallest absolute Gasteiger partial charge is 0.252 e. The zero-order valence-electron chi connectivity index (χ0n) is 8.71. The second kappa shape index (κ2) is 3.47. The van der Waals surface area contributed by atoms with Gasteiger partial charge < -0.3 is 5.73 Å². The van der Waals surface area contributed by atoms with Crippen molar-refractivity contribution in [2.45, 2.75) is 38.7 Å². The normalized spacial score (nSPS) is 24.6. The van der Waals surface area contributed by atoms with Crippen LogP contribution in [-0.4, -0.2) is 15.7 Å². The van der Waals surface area contributed by atoms with E-state index in [4.69, 9.17) is 5.73 Å². The Morgan fingerprint density at radius 3 is 2.87 bits per heavy atom. The number of rotatable bonds is 2. The van der Waals surface area contributed by atoms with Crippen molar-refractivity contribution in [1.29, 1.82) is 0 Å². The van der Waals surface area contributed by atoms with Crippen molar-refractivity contribution in [3.05, 3.63) is 11.9 Å². The summed E-state index contributed by atoms with van der Waals surface area (Å²) >= 11 is 0. The minimum atomic E-state index is -2.53. The third kappa shape index (κ3) is 1.82. The van der Waals surface area contributed by atoms with Gasteiger partial charge in [-0.05, 0) is 19.8 Å². The molecule has 2 N–H and O–H groups in total. The molecule has 0 radical (unpaired) electrons. The van der Waals surface area contributed by atoms with Crippen LogP contribution in [0.3, 0.4) is 0 Å². The SMILES string of the molecule is Cc1c(N)cnn1CC1CCCC1(F)F. The number of halogens is 2. The molecule has 3 nitrogen and oxygen atoms in total. The fourth-order valence-electron chi connectivity index (χ4n) is 2.08. The van der Waals surface area contributed by atoms with E-state index in [1.54, 1.807) is 11.6 Å². The average molecular weight is 215 g/mol. The van der Waals surface area contributed by atoms with E-state index < -0.39 is 11.8 Å². The van der Waals surface area contributed by atoms with Crippen LogP contribution in [0.25, 0.3) is 0 Å². The van der Waals surface area contributed by atoms with Crippen molar-refractivity contribution in [3.63, 3.8) is 0 Å². The maximum Gasteiger partial charge on any atom is 0.252 e. The molecule has 0 saturated heterocycles. The number of hydrogen-bond acceptors (Lipinski definition) is 2. The van der Waals surface area contributed by atoms with Crippen molar-refractivity contribution in [1.82, 2.24) is 9.78 Å². The lowest BCUT2D eigenvalue weighted by Gasteiger charge is -2.19. The van der Waals surface area contributed by atoms with Crippen LogP contribution in [0.2, 0.25) is 0 Å². The zero-order chi connectivity index (χ0) is 11.1. The van der Waals surface area contributed by atoms with Crippen LogP contribution in [-0.2, 0) is 6.54 Å². The van der Waals surface area contributed by atoms with Gasteiger partial charge in [0.1, 0.15) is 0 Å². The highest BCUT2D eigenvalue weighted by Gasteiger charge is 2.43. The van der Waals surface area contributed by atoms with Crippen LogP contribution in [0.5, 0.6) is 0 Å². The maximum absolute atomic E-state index is 13.4. The summed E-state index contributed by atoms with van der Waals surface area (Å²) in [6.07, 6.45) is 2.70. The third-order valence-electron chi connectivity index (χ3n) is 3.19. The van der Waals surface area contributed by atoms with Crippen molar-refractivity contribution < 1.29 is 8.78 Å². The summed E-state index contributed by atoms with van der Waals surface area (Å²) in [6, 6.07) is 0. The van der Waals surface area contributed by atoms with Crippen LogP contribution in [0.15, 0.2) is 6.20 Å². The van der Waals surface area contributed by atoms with E-state index in [1.165, 1.54) is 6.20 Å². The summed E-state index contributed by atoms with van der Waals surface area (Å²) in [5.74, 6) is -3.12. The molecule has 1 heterocycles. The first-order chi connectivity index (χ1) is 7.00. The fraction of sp³-hybridized carbons (Fsp3) is 0.700.